The summed E-state index contributed by atoms with van der Waals surface area (Å²) in [5, 5.41) is 14.4. The summed E-state index contributed by atoms with van der Waals surface area (Å²) < 4.78 is 2.07. The predicted molar refractivity (Wildman–Crippen MR) is 92.2 cm³/mol. The number of unbranched alkanes of at least 4 members (excludes halogenated alkanes) is 6. The van der Waals surface area contributed by atoms with Crippen LogP contribution in [0.25, 0.3) is 0 Å². The van der Waals surface area contributed by atoms with Crippen molar-refractivity contribution in [1.29, 1.82) is 0 Å². The van der Waals surface area contributed by atoms with E-state index in [1.807, 2.05) is 11.8 Å². The van der Waals surface area contributed by atoms with Gasteiger partial charge in [-0.2, -0.15) is 0 Å². The highest BCUT2D eigenvalue weighted by atomic mass is 79.9. The average Bonchev–Trinajstić information content (AvgIpc) is 3.16. The van der Waals surface area contributed by atoms with E-state index in [0.717, 1.165) is 16.2 Å². The second-order valence-electron chi connectivity index (χ2n) is 5.86. The highest BCUT2D eigenvalue weighted by Gasteiger charge is 2.21. The molecular formula is C15H27BrN4S. The van der Waals surface area contributed by atoms with Crippen LogP contribution in [0.15, 0.2) is 5.16 Å². The quantitative estimate of drug-likeness (QED) is 0.310. The number of hydrogen-bond donors (Lipinski definition) is 0. The molecule has 0 aromatic carbocycles. The topological polar surface area (TPSA) is 43.6 Å². The Balaban J connectivity index is 1.54. The van der Waals surface area contributed by atoms with Crippen LogP contribution >= 0.6 is 27.7 Å². The first-order valence-electron chi connectivity index (χ1n) is 8.38. The molecular weight excluding hydrogens is 348 g/mol. The highest BCUT2D eigenvalue weighted by Crippen LogP contribution is 2.31. The molecule has 6 heteroatoms. The summed E-state index contributed by atoms with van der Waals surface area (Å²) in [5.41, 5.74) is 0. The van der Waals surface area contributed by atoms with Gasteiger partial charge in [0.2, 0.25) is 5.16 Å². The molecule has 1 aromatic heterocycles. The van der Waals surface area contributed by atoms with E-state index in [9.17, 15) is 0 Å². The van der Waals surface area contributed by atoms with Crippen molar-refractivity contribution in [2.75, 3.05) is 11.1 Å². The predicted octanol–water partition coefficient (Wildman–Crippen LogP) is 5.01. The van der Waals surface area contributed by atoms with Crippen LogP contribution in [0.3, 0.4) is 0 Å². The van der Waals surface area contributed by atoms with Crippen molar-refractivity contribution in [3.05, 3.63) is 0 Å². The van der Waals surface area contributed by atoms with Crippen molar-refractivity contribution in [3.63, 3.8) is 0 Å². The molecule has 1 aliphatic rings. The number of halogens is 1. The van der Waals surface area contributed by atoms with Crippen LogP contribution in [0.2, 0.25) is 0 Å². The van der Waals surface area contributed by atoms with Gasteiger partial charge in [-0.1, -0.05) is 72.6 Å². The number of aromatic nitrogens is 4. The molecule has 0 amide bonds. The first kappa shape index (κ1) is 17.3. The molecule has 1 saturated carbocycles. The largest absolute Gasteiger partial charge is 0.217 e. The van der Waals surface area contributed by atoms with Gasteiger partial charge in [0.25, 0.3) is 0 Å². The summed E-state index contributed by atoms with van der Waals surface area (Å²) in [7, 11) is 0. The van der Waals surface area contributed by atoms with Gasteiger partial charge in [-0.15, -0.1) is 5.10 Å². The molecule has 4 nitrogen and oxygen atoms in total. The minimum atomic E-state index is 0.553. The molecule has 0 radical (unpaired) electrons. The SMILES string of the molecule is BrCCCCCCCCCSc1nnnn1C1CCCC1. The minimum absolute atomic E-state index is 0.553. The van der Waals surface area contributed by atoms with E-state index >= 15 is 0 Å². The van der Waals surface area contributed by atoms with Crippen LogP contribution < -0.4 is 0 Å². The second-order valence-corrected chi connectivity index (χ2v) is 7.71. The molecule has 1 aromatic rings. The first-order chi connectivity index (χ1) is 10.4. The fourth-order valence-corrected chi connectivity index (χ4v) is 4.24. The van der Waals surface area contributed by atoms with Gasteiger partial charge in [-0.3, -0.25) is 0 Å². The summed E-state index contributed by atoms with van der Waals surface area (Å²) >= 11 is 5.31. The van der Waals surface area contributed by atoms with Crippen molar-refractivity contribution in [2.45, 2.75) is 81.8 Å². The van der Waals surface area contributed by atoms with E-state index in [1.165, 1.54) is 70.6 Å². The smallest absolute Gasteiger partial charge is 0.209 e. The fraction of sp³-hybridized carbons (Fsp3) is 0.933. The van der Waals surface area contributed by atoms with Crippen LogP contribution in [0.4, 0.5) is 0 Å². The molecule has 0 unspecified atom stereocenters. The van der Waals surface area contributed by atoms with Crippen molar-refractivity contribution < 1.29 is 0 Å². The summed E-state index contributed by atoms with van der Waals surface area (Å²) in [5.74, 6) is 1.15. The molecule has 21 heavy (non-hydrogen) atoms. The molecule has 0 bridgehead atoms. The van der Waals surface area contributed by atoms with Crippen molar-refractivity contribution in [2.24, 2.45) is 0 Å². The zero-order chi connectivity index (χ0) is 14.8. The minimum Gasteiger partial charge on any atom is -0.217 e. The van der Waals surface area contributed by atoms with Crippen LogP contribution in [-0.2, 0) is 0 Å². The molecule has 0 aliphatic heterocycles. The lowest BCUT2D eigenvalue weighted by Gasteiger charge is -2.10. The number of rotatable bonds is 11. The standard InChI is InChI=1S/C15H27BrN4S/c16-12-8-4-2-1-3-5-9-13-21-15-17-18-19-20(15)14-10-6-7-11-14/h14H,1-13H2. The second kappa shape index (κ2) is 10.6. The monoisotopic (exact) mass is 374 g/mol. The van der Waals surface area contributed by atoms with Gasteiger partial charge in [0, 0.05) is 11.1 Å². The van der Waals surface area contributed by atoms with E-state index in [-0.39, 0.29) is 0 Å². The third-order valence-electron chi connectivity index (χ3n) is 4.14. The summed E-state index contributed by atoms with van der Waals surface area (Å²) in [6.45, 7) is 0. The zero-order valence-corrected chi connectivity index (χ0v) is 15.2. The Morgan fingerprint density at radius 2 is 1.67 bits per heavy atom. The van der Waals surface area contributed by atoms with Crippen molar-refractivity contribution >= 4 is 27.7 Å². The maximum Gasteiger partial charge on any atom is 0.209 e. The Labute approximate surface area is 141 Å². The molecule has 2 rings (SSSR count). The van der Waals surface area contributed by atoms with E-state index in [1.54, 1.807) is 0 Å². The van der Waals surface area contributed by atoms with Gasteiger partial charge >= 0.3 is 0 Å². The van der Waals surface area contributed by atoms with Gasteiger partial charge in [0.05, 0.1) is 6.04 Å². The van der Waals surface area contributed by atoms with Gasteiger partial charge in [-0.25, -0.2) is 4.68 Å². The lowest BCUT2D eigenvalue weighted by molar-refractivity contribution is 0.423. The molecule has 120 valence electrons. The third kappa shape index (κ3) is 6.27. The lowest BCUT2D eigenvalue weighted by atomic mass is 10.1. The zero-order valence-electron chi connectivity index (χ0n) is 12.8. The molecule has 0 spiro atoms. The molecule has 0 atom stereocenters. The molecule has 0 saturated heterocycles. The Kier molecular flexibility index (Phi) is 8.71. The van der Waals surface area contributed by atoms with Gasteiger partial charge in [-0.05, 0) is 36.1 Å². The summed E-state index contributed by atoms with van der Waals surface area (Å²) in [6, 6.07) is 0.553. The number of alkyl halides is 1. The van der Waals surface area contributed by atoms with Gasteiger partial charge in [0.15, 0.2) is 0 Å². The number of tetrazole rings is 1. The van der Waals surface area contributed by atoms with E-state index < -0.39 is 0 Å². The first-order valence-corrected chi connectivity index (χ1v) is 10.5. The van der Waals surface area contributed by atoms with Crippen molar-refractivity contribution in [3.8, 4) is 0 Å². The highest BCUT2D eigenvalue weighted by molar-refractivity contribution is 9.09. The average molecular weight is 375 g/mol. The Bertz CT molecular complexity index is 380. The molecule has 1 fully saturated rings. The van der Waals surface area contributed by atoms with Crippen LogP contribution in [0, 0.1) is 0 Å². The van der Waals surface area contributed by atoms with E-state index in [0.29, 0.717) is 6.04 Å². The lowest BCUT2D eigenvalue weighted by Crippen LogP contribution is -2.08. The van der Waals surface area contributed by atoms with Crippen LogP contribution in [0.1, 0.15) is 76.7 Å². The Morgan fingerprint density at radius 3 is 2.38 bits per heavy atom. The van der Waals surface area contributed by atoms with Crippen LogP contribution in [0.5, 0.6) is 0 Å². The number of thioether (sulfide) groups is 1. The van der Waals surface area contributed by atoms with Gasteiger partial charge < -0.3 is 0 Å². The maximum atomic E-state index is 4.19. The maximum absolute atomic E-state index is 4.19. The molecule has 0 N–H and O–H groups in total. The van der Waals surface area contributed by atoms with Crippen LogP contribution in [-0.4, -0.2) is 31.3 Å². The Morgan fingerprint density at radius 1 is 1.00 bits per heavy atom. The van der Waals surface area contributed by atoms with Crippen molar-refractivity contribution in [1.82, 2.24) is 20.2 Å². The van der Waals surface area contributed by atoms with E-state index in [4.69, 9.17) is 0 Å². The Hall–Kier alpha value is -0.100. The normalized spacial score (nSPS) is 15.9. The number of nitrogens with zero attached hydrogens (tertiary/aromatic N) is 4. The molecule has 1 aliphatic carbocycles. The van der Waals surface area contributed by atoms with E-state index in [2.05, 4.69) is 36.1 Å². The number of hydrogen-bond acceptors (Lipinski definition) is 4. The fourth-order valence-electron chi connectivity index (χ4n) is 2.90. The third-order valence-corrected chi connectivity index (χ3v) is 5.72. The molecule has 1 heterocycles. The summed E-state index contributed by atoms with van der Waals surface area (Å²) in [6.07, 6.45) is 14.6. The summed E-state index contributed by atoms with van der Waals surface area (Å²) in [4.78, 5) is 0. The van der Waals surface area contributed by atoms with Gasteiger partial charge in [0.1, 0.15) is 0 Å².